The highest BCUT2D eigenvalue weighted by Crippen LogP contribution is 2.07. The molecule has 0 spiro atoms. The van der Waals surface area contributed by atoms with Gasteiger partial charge in [-0.1, -0.05) is 0 Å². The molecule has 8 nitrogen and oxygen atoms in total. The van der Waals surface area contributed by atoms with Crippen molar-refractivity contribution in [3.8, 4) is 0 Å². The molecule has 0 saturated heterocycles. The normalized spacial score (nSPS) is 12.4. The van der Waals surface area contributed by atoms with Crippen molar-refractivity contribution >= 4 is 11.7 Å². The largest absolute Gasteiger partial charge is 0.480 e. The first-order chi connectivity index (χ1) is 6.50. The molecule has 14 heavy (non-hydrogen) atoms. The third-order valence-electron chi connectivity index (χ3n) is 1.53. The monoisotopic (exact) mass is 200 g/mol. The van der Waals surface area contributed by atoms with Crippen molar-refractivity contribution in [3.63, 3.8) is 0 Å². The molecule has 0 aliphatic rings. The van der Waals surface area contributed by atoms with Crippen LogP contribution < -0.4 is 5.73 Å². The summed E-state index contributed by atoms with van der Waals surface area (Å²) in [6.45, 7) is -0.0941. The standard InChI is InChI=1S/C6H8N4O4/c7-5(6(11)12)3-9-2-4(1-8-9)10(13)14/h1-2,5H,3,7H2,(H,11,12). The molecule has 1 unspecified atom stereocenters. The lowest BCUT2D eigenvalue weighted by molar-refractivity contribution is -0.385. The molecule has 3 N–H and O–H groups in total. The Morgan fingerprint density at radius 3 is 2.93 bits per heavy atom. The van der Waals surface area contributed by atoms with Crippen molar-refractivity contribution in [1.29, 1.82) is 0 Å². The van der Waals surface area contributed by atoms with Crippen molar-refractivity contribution < 1.29 is 14.8 Å². The van der Waals surface area contributed by atoms with E-state index in [9.17, 15) is 14.9 Å². The maximum Gasteiger partial charge on any atom is 0.322 e. The first kappa shape index (κ1) is 10.1. The van der Waals surface area contributed by atoms with E-state index in [-0.39, 0.29) is 12.2 Å². The van der Waals surface area contributed by atoms with Crippen molar-refractivity contribution in [2.75, 3.05) is 0 Å². The Kier molecular flexibility index (Phi) is 2.77. The number of aromatic nitrogens is 2. The summed E-state index contributed by atoms with van der Waals surface area (Å²) < 4.78 is 1.12. The van der Waals surface area contributed by atoms with Crippen molar-refractivity contribution in [1.82, 2.24) is 9.78 Å². The SMILES string of the molecule is NC(Cn1cc([N+](=O)[O-])cn1)C(=O)O. The number of aliphatic carboxylic acids is 1. The van der Waals surface area contributed by atoms with Gasteiger partial charge in [-0.2, -0.15) is 5.10 Å². The predicted octanol–water partition coefficient (Wildman–Crippen LogP) is -0.797. The lowest BCUT2D eigenvalue weighted by Crippen LogP contribution is -2.34. The summed E-state index contributed by atoms with van der Waals surface area (Å²) in [5, 5.41) is 22.3. The number of carboxylic acids is 1. The van der Waals surface area contributed by atoms with Crippen LogP contribution in [0.4, 0.5) is 5.69 Å². The van der Waals surface area contributed by atoms with E-state index in [1.807, 2.05) is 0 Å². The van der Waals surface area contributed by atoms with Gasteiger partial charge >= 0.3 is 11.7 Å². The van der Waals surface area contributed by atoms with E-state index in [2.05, 4.69) is 5.10 Å². The first-order valence-corrected chi connectivity index (χ1v) is 3.66. The van der Waals surface area contributed by atoms with E-state index < -0.39 is 16.9 Å². The van der Waals surface area contributed by atoms with Crippen LogP contribution in [0.3, 0.4) is 0 Å². The molecule has 0 bridgehead atoms. The third-order valence-corrected chi connectivity index (χ3v) is 1.53. The zero-order valence-corrected chi connectivity index (χ0v) is 7.03. The molecular formula is C6H8N4O4. The van der Waals surface area contributed by atoms with Crippen LogP contribution in [0.25, 0.3) is 0 Å². The summed E-state index contributed by atoms with van der Waals surface area (Å²) in [7, 11) is 0. The summed E-state index contributed by atoms with van der Waals surface area (Å²) in [5.41, 5.74) is 5.01. The number of rotatable bonds is 4. The Balaban J connectivity index is 2.69. The van der Waals surface area contributed by atoms with E-state index in [1.165, 1.54) is 0 Å². The number of carboxylic acid groups (broad SMARTS) is 1. The van der Waals surface area contributed by atoms with Gasteiger partial charge < -0.3 is 10.8 Å². The minimum Gasteiger partial charge on any atom is -0.480 e. The minimum absolute atomic E-state index is 0.0941. The second-order valence-corrected chi connectivity index (χ2v) is 2.62. The van der Waals surface area contributed by atoms with E-state index in [4.69, 9.17) is 10.8 Å². The number of nitrogens with two attached hydrogens (primary N) is 1. The highest BCUT2D eigenvalue weighted by atomic mass is 16.6. The number of nitro groups is 1. The van der Waals surface area contributed by atoms with Crippen LogP contribution in [0.5, 0.6) is 0 Å². The van der Waals surface area contributed by atoms with E-state index in [1.54, 1.807) is 0 Å². The van der Waals surface area contributed by atoms with Gasteiger partial charge in [0.2, 0.25) is 0 Å². The quantitative estimate of drug-likeness (QED) is 0.484. The molecule has 1 heterocycles. The highest BCUT2D eigenvalue weighted by molar-refractivity contribution is 5.72. The van der Waals surface area contributed by atoms with Gasteiger partial charge in [0.15, 0.2) is 0 Å². The Morgan fingerprint density at radius 1 is 1.86 bits per heavy atom. The number of nitrogens with zero attached hydrogens (tertiary/aromatic N) is 3. The molecule has 0 radical (unpaired) electrons. The lowest BCUT2D eigenvalue weighted by atomic mass is 10.3. The van der Waals surface area contributed by atoms with Gasteiger partial charge in [0.1, 0.15) is 18.4 Å². The second-order valence-electron chi connectivity index (χ2n) is 2.62. The summed E-state index contributed by atoms with van der Waals surface area (Å²) in [6, 6.07) is -1.12. The molecule has 1 aromatic rings. The molecule has 0 amide bonds. The van der Waals surface area contributed by atoms with Crippen LogP contribution in [0.2, 0.25) is 0 Å². The Labute approximate surface area is 78.1 Å². The van der Waals surface area contributed by atoms with E-state index >= 15 is 0 Å². The van der Waals surface area contributed by atoms with Gasteiger partial charge in [-0.3, -0.25) is 19.6 Å². The number of hydrogen-bond acceptors (Lipinski definition) is 5. The molecule has 1 rings (SSSR count). The van der Waals surface area contributed by atoms with E-state index in [0.717, 1.165) is 17.1 Å². The fraction of sp³-hybridized carbons (Fsp3) is 0.333. The van der Waals surface area contributed by atoms with Gasteiger partial charge in [0, 0.05) is 0 Å². The lowest BCUT2D eigenvalue weighted by Gasteiger charge is -2.04. The van der Waals surface area contributed by atoms with Crippen LogP contribution >= 0.6 is 0 Å². The van der Waals surface area contributed by atoms with Crippen molar-refractivity contribution in [3.05, 3.63) is 22.5 Å². The van der Waals surface area contributed by atoms with Crippen LogP contribution in [0.1, 0.15) is 0 Å². The van der Waals surface area contributed by atoms with Gasteiger partial charge in [-0.05, 0) is 0 Å². The van der Waals surface area contributed by atoms with Gasteiger partial charge in [-0.15, -0.1) is 0 Å². The van der Waals surface area contributed by atoms with Crippen LogP contribution in [-0.4, -0.2) is 31.8 Å². The smallest absolute Gasteiger partial charge is 0.322 e. The van der Waals surface area contributed by atoms with Gasteiger partial charge in [-0.25, -0.2) is 0 Å². The number of hydrogen-bond donors (Lipinski definition) is 2. The Morgan fingerprint density at radius 2 is 2.50 bits per heavy atom. The van der Waals surface area contributed by atoms with Crippen LogP contribution in [0.15, 0.2) is 12.4 Å². The average molecular weight is 200 g/mol. The Bertz CT molecular complexity index is 360. The van der Waals surface area contributed by atoms with Crippen molar-refractivity contribution in [2.45, 2.75) is 12.6 Å². The van der Waals surface area contributed by atoms with Crippen LogP contribution in [0, 0.1) is 10.1 Å². The zero-order chi connectivity index (χ0) is 10.7. The third kappa shape index (κ3) is 2.26. The fourth-order valence-electron chi connectivity index (χ4n) is 0.826. The Hall–Kier alpha value is -1.96. The molecule has 0 aliphatic carbocycles. The molecule has 76 valence electrons. The van der Waals surface area contributed by atoms with E-state index in [0.29, 0.717) is 0 Å². The summed E-state index contributed by atoms with van der Waals surface area (Å²) in [6.07, 6.45) is 2.16. The molecular weight excluding hydrogens is 192 g/mol. The van der Waals surface area contributed by atoms with Gasteiger partial charge in [0.25, 0.3) is 0 Å². The molecule has 1 atom stereocenters. The summed E-state index contributed by atoms with van der Waals surface area (Å²) in [4.78, 5) is 20.0. The molecule has 0 fully saturated rings. The molecule has 0 aliphatic heterocycles. The predicted molar refractivity (Wildman–Crippen MR) is 44.5 cm³/mol. The topological polar surface area (TPSA) is 124 Å². The summed E-state index contributed by atoms with van der Waals surface area (Å²) in [5.74, 6) is -1.18. The van der Waals surface area contributed by atoms with Gasteiger partial charge in [0.05, 0.1) is 11.5 Å². The molecule has 0 aromatic carbocycles. The number of carbonyl (C=O) groups is 1. The second kappa shape index (κ2) is 3.83. The van der Waals surface area contributed by atoms with Crippen LogP contribution in [-0.2, 0) is 11.3 Å². The fourth-order valence-corrected chi connectivity index (χ4v) is 0.826. The summed E-state index contributed by atoms with van der Waals surface area (Å²) >= 11 is 0. The minimum atomic E-state index is -1.18. The molecule has 0 saturated carbocycles. The maximum absolute atomic E-state index is 10.3. The average Bonchev–Trinajstić information content (AvgIpc) is 2.52. The molecule has 8 heteroatoms. The van der Waals surface area contributed by atoms with Crippen molar-refractivity contribution in [2.24, 2.45) is 5.73 Å². The first-order valence-electron chi connectivity index (χ1n) is 3.66. The maximum atomic E-state index is 10.3. The molecule has 1 aromatic heterocycles. The zero-order valence-electron chi connectivity index (χ0n) is 7.03. The highest BCUT2D eigenvalue weighted by Gasteiger charge is 2.15.